The Bertz CT molecular complexity index is 333. The van der Waals surface area contributed by atoms with E-state index in [1.54, 1.807) is 17.9 Å². The lowest BCUT2D eigenvalue weighted by Crippen LogP contribution is -2.28. The summed E-state index contributed by atoms with van der Waals surface area (Å²) in [7, 11) is 1.78. The van der Waals surface area contributed by atoms with E-state index >= 15 is 0 Å². The predicted octanol–water partition coefficient (Wildman–Crippen LogP) is 0.464. The van der Waals surface area contributed by atoms with Crippen molar-refractivity contribution in [2.75, 3.05) is 6.54 Å². The number of carboxylic acids is 1. The molecule has 0 spiro atoms. The summed E-state index contributed by atoms with van der Waals surface area (Å²) >= 11 is 0. The average Bonchev–Trinajstić information content (AvgIpc) is 2.40. The maximum absolute atomic E-state index is 11.0. The molecule has 1 rings (SSSR count). The highest BCUT2D eigenvalue weighted by Crippen LogP contribution is 2.16. The van der Waals surface area contributed by atoms with Crippen molar-refractivity contribution in [1.29, 1.82) is 0 Å². The molecule has 0 fully saturated rings. The summed E-state index contributed by atoms with van der Waals surface area (Å²) in [6.07, 6.45) is 1.73. The molecule has 0 amide bonds. The minimum atomic E-state index is -0.872. The monoisotopic (exact) mass is 197 g/mol. The van der Waals surface area contributed by atoms with Crippen LogP contribution < -0.4 is 5.32 Å². The van der Waals surface area contributed by atoms with E-state index in [-0.39, 0.29) is 0 Å². The van der Waals surface area contributed by atoms with Crippen molar-refractivity contribution >= 4 is 5.97 Å². The third kappa shape index (κ3) is 2.11. The summed E-state index contributed by atoms with van der Waals surface area (Å²) in [5, 5.41) is 16.0. The number of aromatic nitrogens is 2. The number of aliphatic carboxylic acids is 1. The second kappa shape index (κ2) is 4.23. The van der Waals surface area contributed by atoms with Gasteiger partial charge in [-0.2, -0.15) is 5.10 Å². The summed E-state index contributed by atoms with van der Waals surface area (Å²) in [4.78, 5) is 11.0. The number of nitrogens with one attached hydrogen (secondary N) is 1. The van der Waals surface area contributed by atoms with Crippen molar-refractivity contribution in [3.8, 4) is 0 Å². The first kappa shape index (κ1) is 10.7. The van der Waals surface area contributed by atoms with Crippen LogP contribution in [-0.4, -0.2) is 27.4 Å². The molecule has 0 aliphatic carbocycles. The molecular weight excluding hydrogens is 182 g/mol. The molecule has 1 atom stereocenters. The summed E-state index contributed by atoms with van der Waals surface area (Å²) < 4.78 is 1.62. The van der Waals surface area contributed by atoms with Crippen LogP contribution in [-0.2, 0) is 11.8 Å². The Balaban J connectivity index is 2.98. The smallest absolute Gasteiger partial charge is 0.325 e. The SMILES string of the molecule is CCNC(C(=O)O)c1cn(C)nc1C. The van der Waals surface area contributed by atoms with Gasteiger partial charge in [0.05, 0.1) is 5.69 Å². The van der Waals surface area contributed by atoms with E-state index < -0.39 is 12.0 Å². The fraction of sp³-hybridized carbons (Fsp3) is 0.556. The number of likely N-dealkylation sites (N-methyl/N-ethyl adjacent to an activating group) is 1. The van der Waals surface area contributed by atoms with Crippen molar-refractivity contribution < 1.29 is 9.90 Å². The number of hydrogen-bond acceptors (Lipinski definition) is 3. The highest BCUT2D eigenvalue weighted by Gasteiger charge is 2.22. The Morgan fingerprint density at radius 3 is 2.79 bits per heavy atom. The van der Waals surface area contributed by atoms with Gasteiger partial charge in [-0.05, 0) is 13.5 Å². The first-order valence-corrected chi connectivity index (χ1v) is 4.52. The van der Waals surface area contributed by atoms with Crippen molar-refractivity contribution in [2.45, 2.75) is 19.9 Å². The standard InChI is InChI=1S/C9H15N3O2/c1-4-10-8(9(13)14)7-5-12(3)11-6(7)2/h5,8,10H,4H2,1-3H3,(H,13,14). The van der Waals surface area contributed by atoms with Gasteiger partial charge in [0.15, 0.2) is 0 Å². The molecule has 0 bridgehead atoms. The molecule has 78 valence electrons. The van der Waals surface area contributed by atoms with Crippen molar-refractivity contribution in [3.63, 3.8) is 0 Å². The van der Waals surface area contributed by atoms with Gasteiger partial charge in [0, 0.05) is 18.8 Å². The second-order valence-corrected chi connectivity index (χ2v) is 3.17. The fourth-order valence-electron chi connectivity index (χ4n) is 1.44. The second-order valence-electron chi connectivity index (χ2n) is 3.17. The number of carbonyl (C=O) groups is 1. The zero-order chi connectivity index (χ0) is 10.7. The van der Waals surface area contributed by atoms with Crippen molar-refractivity contribution in [1.82, 2.24) is 15.1 Å². The molecule has 1 unspecified atom stereocenters. The molecule has 0 aromatic carbocycles. The van der Waals surface area contributed by atoms with Crippen LogP contribution in [0, 0.1) is 6.92 Å². The van der Waals surface area contributed by atoms with E-state index in [1.807, 2.05) is 13.8 Å². The molecule has 0 saturated carbocycles. The van der Waals surface area contributed by atoms with Crippen LogP contribution in [0.3, 0.4) is 0 Å². The third-order valence-corrected chi connectivity index (χ3v) is 2.02. The number of hydrogen-bond donors (Lipinski definition) is 2. The van der Waals surface area contributed by atoms with Crippen LogP contribution in [0.1, 0.15) is 24.2 Å². The Kier molecular flexibility index (Phi) is 3.24. The van der Waals surface area contributed by atoms with Gasteiger partial charge in [0.1, 0.15) is 6.04 Å². The Hall–Kier alpha value is -1.36. The van der Waals surface area contributed by atoms with Gasteiger partial charge in [0.25, 0.3) is 0 Å². The zero-order valence-corrected chi connectivity index (χ0v) is 8.61. The van der Waals surface area contributed by atoms with Crippen LogP contribution in [0.5, 0.6) is 0 Å². The van der Waals surface area contributed by atoms with Gasteiger partial charge < -0.3 is 10.4 Å². The van der Waals surface area contributed by atoms with Crippen LogP contribution >= 0.6 is 0 Å². The molecule has 1 aromatic rings. The molecule has 0 aliphatic rings. The molecule has 0 radical (unpaired) electrons. The average molecular weight is 197 g/mol. The minimum Gasteiger partial charge on any atom is -0.480 e. The molecule has 1 aromatic heterocycles. The largest absolute Gasteiger partial charge is 0.480 e. The first-order chi connectivity index (χ1) is 6.56. The molecule has 2 N–H and O–H groups in total. The summed E-state index contributed by atoms with van der Waals surface area (Å²) in [6.45, 7) is 4.30. The van der Waals surface area contributed by atoms with Crippen molar-refractivity contribution in [2.24, 2.45) is 7.05 Å². The van der Waals surface area contributed by atoms with Gasteiger partial charge >= 0.3 is 5.97 Å². The van der Waals surface area contributed by atoms with E-state index in [0.29, 0.717) is 6.54 Å². The van der Waals surface area contributed by atoms with E-state index in [2.05, 4.69) is 10.4 Å². The molecule has 0 saturated heterocycles. The van der Waals surface area contributed by atoms with Crippen LogP contribution in [0.15, 0.2) is 6.20 Å². The maximum atomic E-state index is 11.0. The Morgan fingerprint density at radius 1 is 1.79 bits per heavy atom. The Labute approximate surface area is 82.7 Å². The number of nitrogens with zero attached hydrogens (tertiary/aromatic N) is 2. The van der Waals surface area contributed by atoms with Gasteiger partial charge in [-0.25, -0.2) is 0 Å². The van der Waals surface area contributed by atoms with Gasteiger partial charge in [-0.1, -0.05) is 6.92 Å². The van der Waals surface area contributed by atoms with E-state index in [0.717, 1.165) is 11.3 Å². The molecule has 14 heavy (non-hydrogen) atoms. The van der Waals surface area contributed by atoms with Gasteiger partial charge in [0.2, 0.25) is 0 Å². The molecule has 5 nitrogen and oxygen atoms in total. The number of carboxylic acid groups (broad SMARTS) is 1. The predicted molar refractivity (Wildman–Crippen MR) is 52.0 cm³/mol. The normalized spacial score (nSPS) is 12.8. The topological polar surface area (TPSA) is 67.2 Å². The number of aryl methyl sites for hydroxylation is 2. The minimum absolute atomic E-state index is 0.616. The molecule has 5 heteroatoms. The summed E-state index contributed by atoms with van der Waals surface area (Å²) in [6, 6.07) is -0.659. The highest BCUT2D eigenvalue weighted by molar-refractivity contribution is 5.75. The summed E-state index contributed by atoms with van der Waals surface area (Å²) in [5.41, 5.74) is 1.47. The fourth-order valence-corrected chi connectivity index (χ4v) is 1.44. The van der Waals surface area contributed by atoms with Crippen LogP contribution in [0.4, 0.5) is 0 Å². The van der Waals surface area contributed by atoms with E-state index in [1.165, 1.54) is 0 Å². The first-order valence-electron chi connectivity index (χ1n) is 4.52. The van der Waals surface area contributed by atoms with Gasteiger partial charge in [-0.3, -0.25) is 9.48 Å². The third-order valence-electron chi connectivity index (χ3n) is 2.02. The Morgan fingerprint density at radius 2 is 2.43 bits per heavy atom. The highest BCUT2D eigenvalue weighted by atomic mass is 16.4. The lowest BCUT2D eigenvalue weighted by molar-refractivity contribution is -0.139. The van der Waals surface area contributed by atoms with Crippen LogP contribution in [0.25, 0.3) is 0 Å². The maximum Gasteiger partial charge on any atom is 0.325 e. The zero-order valence-electron chi connectivity index (χ0n) is 8.61. The molecule has 0 aliphatic heterocycles. The quantitative estimate of drug-likeness (QED) is 0.736. The lowest BCUT2D eigenvalue weighted by Gasteiger charge is -2.11. The van der Waals surface area contributed by atoms with Gasteiger partial charge in [-0.15, -0.1) is 0 Å². The van der Waals surface area contributed by atoms with Crippen molar-refractivity contribution in [3.05, 3.63) is 17.5 Å². The van der Waals surface area contributed by atoms with E-state index in [9.17, 15) is 4.79 Å². The lowest BCUT2D eigenvalue weighted by atomic mass is 10.1. The summed E-state index contributed by atoms with van der Waals surface area (Å²) in [5.74, 6) is -0.872. The van der Waals surface area contributed by atoms with Crippen LogP contribution in [0.2, 0.25) is 0 Å². The molecular formula is C9H15N3O2. The van der Waals surface area contributed by atoms with E-state index in [4.69, 9.17) is 5.11 Å². The number of rotatable bonds is 4. The molecule has 1 heterocycles.